The average molecular weight is 351 g/mol. The number of likely N-dealkylation sites (tertiary alicyclic amines) is 1. The highest BCUT2D eigenvalue weighted by Gasteiger charge is 2.58. The quantitative estimate of drug-likeness (QED) is 0.898. The smallest absolute Gasteiger partial charge is 0.228 e. The fourth-order valence-electron chi connectivity index (χ4n) is 4.15. The van der Waals surface area contributed by atoms with Crippen LogP contribution in [-0.2, 0) is 11.3 Å². The number of carbonyl (C=O) groups is 1. The first-order valence-electron chi connectivity index (χ1n) is 9.25. The van der Waals surface area contributed by atoms with E-state index in [-0.39, 0.29) is 17.2 Å². The number of pyridine rings is 1. The van der Waals surface area contributed by atoms with E-state index in [1.807, 2.05) is 42.7 Å². The number of nitrogens with zero attached hydrogens (tertiary/aromatic N) is 2. The Morgan fingerprint density at radius 3 is 2.81 bits per heavy atom. The topological polar surface area (TPSA) is 54.5 Å². The average Bonchev–Trinajstić information content (AvgIpc) is 3.39. The molecule has 1 aromatic carbocycles. The van der Waals surface area contributed by atoms with Crippen LogP contribution < -0.4 is 10.1 Å². The Kier molecular flexibility index (Phi) is 4.64. The molecular formula is C21H25N3O2. The molecule has 4 rings (SSSR count). The van der Waals surface area contributed by atoms with Crippen LogP contribution in [0.1, 0.15) is 24.8 Å². The maximum atomic E-state index is 12.7. The molecule has 1 unspecified atom stereocenters. The molecule has 5 heteroatoms. The number of carbonyl (C=O) groups excluding carboxylic acids is 1. The molecule has 1 aliphatic carbocycles. The SMILES string of the molecule is COc1ccccc1NC(=O)C1CC12CCN(Cc1cccnc1)CC2. The zero-order chi connectivity index (χ0) is 18.0. The van der Waals surface area contributed by atoms with Crippen LogP contribution in [0.2, 0.25) is 0 Å². The lowest BCUT2D eigenvalue weighted by Gasteiger charge is -2.32. The van der Waals surface area contributed by atoms with Gasteiger partial charge in [-0.05, 0) is 61.5 Å². The second kappa shape index (κ2) is 7.08. The molecule has 0 bridgehead atoms. The van der Waals surface area contributed by atoms with Crippen LogP contribution in [0.4, 0.5) is 5.69 Å². The van der Waals surface area contributed by atoms with Crippen LogP contribution in [0.5, 0.6) is 5.75 Å². The van der Waals surface area contributed by atoms with Gasteiger partial charge in [0.2, 0.25) is 5.91 Å². The minimum atomic E-state index is 0.132. The van der Waals surface area contributed by atoms with Gasteiger partial charge in [-0.15, -0.1) is 0 Å². The summed E-state index contributed by atoms with van der Waals surface area (Å²) in [7, 11) is 1.63. The Balaban J connectivity index is 1.31. The normalized spacial score (nSPS) is 21.3. The van der Waals surface area contributed by atoms with Gasteiger partial charge in [-0.1, -0.05) is 18.2 Å². The number of ether oxygens (including phenoxy) is 1. The van der Waals surface area contributed by atoms with Crippen molar-refractivity contribution in [2.75, 3.05) is 25.5 Å². The number of para-hydroxylation sites is 2. The summed E-state index contributed by atoms with van der Waals surface area (Å²) in [5.41, 5.74) is 2.22. The summed E-state index contributed by atoms with van der Waals surface area (Å²) in [5, 5.41) is 3.06. The minimum Gasteiger partial charge on any atom is -0.495 e. The molecule has 1 atom stereocenters. The third-order valence-corrected chi connectivity index (χ3v) is 5.85. The first-order valence-corrected chi connectivity index (χ1v) is 9.25. The van der Waals surface area contributed by atoms with E-state index in [2.05, 4.69) is 21.3 Å². The van der Waals surface area contributed by atoms with Gasteiger partial charge in [0.1, 0.15) is 5.75 Å². The third kappa shape index (κ3) is 3.44. The molecule has 1 amide bonds. The fourth-order valence-corrected chi connectivity index (χ4v) is 4.15. The van der Waals surface area contributed by atoms with Crippen LogP contribution in [0, 0.1) is 11.3 Å². The lowest BCUT2D eigenvalue weighted by Crippen LogP contribution is -2.35. The molecule has 1 saturated heterocycles. The number of hydrogen-bond acceptors (Lipinski definition) is 4. The molecular weight excluding hydrogens is 326 g/mol. The standard InChI is InChI=1S/C21H25N3O2/c1-26-19-7-3-2-6-18(19)23-20(25)17-13-21(17)8-11-24(12-9-21)15-16-5-4-10-22-14-16/h2-7,10,14,17H,8-9,11-13,15H2,1H3,(H,23,25). The molecule has 26 heavy (non-hydrogen) atoms. The van der Waals surface area contributed by atoms with E-state index >= 15 is 0 Å². The predicted octanol–water partition coefficient (Wildman–Crippen LogP) is 3.33. The largest absolute Gasteiger partial charge is 0.495 e. The number of hydrogen-bond donors (Lipinski definition) is 1. The number of anilines is 1. The van der Waals surface area contributed by atoms with Crippen molar-refractivity contribution in [3.8, 4) is 5.75 Å². The molecule has 1 N–H and O–H groups in total. The highest BCUT2D eigenvalue weighted by Crippen LogP contribution is 2.59. The summed E-state index contributed by atoms with van der Waals surface area (Å²) in [4.78, 5) is 19.4. The zero-order valence-corrected chi connectivity index (χ0v) is 15.1. The maximum absolute atomic E-state index is 12.7. The summed E-state index contributed by atoms with van der Waals surface area (Å²) in [6.45, 7) is 3.04. The summed E-state index contributed by atoms with van der Waals surface area (Å²) < 4.78 is 5.33. The van der Waals surface area contributed by atoms with Crippen molar-refractivity contribution in [2.45, 2.75) is 25.8 Å². The van der Waals surface area contributed by atoms with Crippen molar-refractivity contribution in [1.82, 2.24) is 9.88 Å². The number of aromatic nitrogens is 1. The number of piperidine rings is 1. The van der Waals surface area contributed by atoms with Crippen LogP contribution in [-0.4, -0.2) is 36.0 Å². The van der Waals surface area contributed by atoms with Crippen LogP contribution in [0.15, 0.2) is 48.8 Å². The van der Waals surface area contributed by atoms with Crippen molar-refractivity contribution in [1.29, 1.82) is 0 Å². The van der Waals surface area contributed by atoms with Gasteiger partial charge in [0, 0.05) is 24.9 Å². The second-order valence-corrected chi connectivity index (χ2v) is 7.45. The van der Waals surface area contributed by atoms with E-state index in [9.17, 15) is 4.79 Å². The Morgan fingerprint density at radius 1 is 1.27 bits per heavy atom. The lowest BCUT2D eigenvalue weighted by molar-refractivity contribution is -0.118. The van der Waals surface area contributed by atoms with Crippen molar-refractivity contribution < 1.29 is 9.53 Å². The molecule has 2 aromatic rings. The van der Waals surface area contributed by atoms with Gasteiger partial charge in [0.15, 0.2) is 0 Å². The van der Waals surface area contributed by atoms with E-state index in [1.54, 1.807) is 7.11 Å². The molecule has 0 radical (unpaired) electrons. The monoisotopic (exact) mass is 351 g/mol. The Labute approximate surface area is 154 Å². The van der Waals surface area contributed by atoms with Gasteiger partial charge in [-0.2, -0.15) is 0 Å². The highest BCUT2D eigenvalue weighted by atomic mass is 16.5. The lowest BCUT2D eigenvalue weighted by atomic mass is 9.90. The minimum absolute atomic E-state index is 0.132. The second-order valence-electron chi connectivity index (χ2n) is 7.45. The first-order chi connectivity index (χ1) is 12.7. The molecule has 136 valence electrons. The van der Waals surface area contributed by atoms with E-state index < -0.39 is 0 Å². The van der Waals surface area contributed by atoms with Crippen molar-refractivity contribution in [2.24, 2.45) is 11.3 Å². The van der Waals surface area contributed by atoms with Gasteiger partial charge in [0.05, 0.1) is 12.8 Å². The number of methoxy groups -OCH3 is 1. The Morgan fingerprint density at radius 2 is 2.08 bits per heavy atom. The van der Waals surface area contributed by atoms with Gasteiger partial charge in [-0.25, -0.2) is 0 Å². The molecule has 2 aliphatic rings. The van der Waals surface area contributed by atoms with E-state index in [4.69, 9.17) is 4.74 Å². The van der Waals surface area contributed by atoms with E-state index in [0.29, 0.717) is 5.75 Å². The van der Waals surface area contributed by atoms with Crippen molar-refractivity contribution in [3.05, 3.63) is 54.4 Å². The Bertz CT molecular complexity index is 770. The molecule has 1 saturated carbocycles. The molecule has 2 fully saturated rings. The van der Waals surface area contributed by atoms with E-state index in [0.717, 1.165) is 44.6 Å². The van der Waals surface area contributed by atoms with Crippen molar-refractivity contribution in [3.63, 3.8) is 0 Å². The van der Waals surface area contributed by atoms with Gasteiger partial charge >= 0.3 is 0 Å². The van der Waals surface area contributed by atoms with Crippen molar-refractivity contribution >= 4 is 11.6 Å². The number of amides is 1. The van der Waals surface area contributed by atoms with Crippen LogP contribution >= 0.6 is 0 Å². The first kappa shape index (κ1) is 17.0. The number of rotatable bonds is 5. The summed E-state index contributed by atoms with van der Waals surface area (Å²) in [6, 6.07) is 11.7. The molecule has 1 aromatic heterocycles. The fraction of sp³-hybridized carbons (Fsp3) is 0.429. The van der Waals surface area contributed by atoms with E-state index in [1.165, 1.54) is 5.56 Å². The van der Waals surface area contributed by atoms with Crippen LogP contribution in [0.3, 0.4) is 0 Å². The third-order valence-electron chi connectivity index (χ3n) is 5.85. The summed E-state index contributed by atoms with van der Waals surface area (Å²) in [6.07, 6.45) is 6.94. The van der Waals surface area contributed by atoms with Gasteiger partial charge in [-0.3, -0.25) is 14.7 Å². The van der Waals surface area contributed by atoms with Crippen LogP contribution in [0.25, 0.3) is 0 Å². The Hall–Kier alpha value is -2.40. The zero-order valence-electron chi connectivity index (χ0n) is 15.1. The highest BCUT2D eigenvalue weighted by molar-refractivity contribution is 5.96. The molecule has 5 nitrogen and oxygen atoms in total. The molecule has 2 heterocycles. The van der Waals surface area contributed by atoms with Gasteiger partial charge in [0.25, 0.3) is 0 Å². The number of nitrogens with one attached hydrogen (secondary N) is 1. The summed E-state index contributed by atoms with van der Waals surface area (Å²) in [5.74, 6) is 0.977. The molecule has 1 aliphatic heterocycles. The predicted molar refractivity (Wildman–Crippen MR) is 101 cm³/mol. The number of benzene rings is 1. The molecule has 1 spiro atoms. The van der Waals surface area contributed by atoms with Gasteiger partial charge < -0.3 is 10.1 Å². The maximum Gasteiger partial charge on any atom is 0.228 e. The summed E-state index contributed by atoms with van der Waals surface area (Å²) >= 11 is 0.